The number of fused-ring (bicyclic) bond motifs is 1. The van der Waals surface area contributed by atoms with Gasteiger partial charge in [-0.25, -0.2) is 9.98 Å². The molecule has 0 fully saturated rings. The summed E-state index contributed by atoms with van der Waals surface area (Å²) in [6.07, 6.45) is 6.05. The Balaban J connectivity index is 1.88. The molecule has 0 saturated carbocycles. The molecule has 0 amide bonds. The van der Waals surface area contributed by atoms with Gasteiger partial charge in [-0.05, 0) is 12.8 Å². The molecule has 2 heterocycles. The van der Waals surface area contributed by atoms with Gasteiger partial charge in [0.05, 0.1) is 18.9 Å². The summed E-state index contributed by atoms with van der Waals surface area (Å²) in [5.74, 6) is -1.00. The maximum absolute atomic E-state index is 8.96. The Labute approximate surface area is 141 Å². The lowest BCUT2D eigenvalue weighted by Gasteiger charge is -2.42. The fourth-order valence-corrected chi connectivity index (χ4v) is 2.79. The van der Waals surface area contributed by atoms with Crippen molar-refractivity contribution in [2.75, 3.05) is 20.3 Å². The highest BCUT2D eigenvalue weighted by atomic mass is 16.5. The molecule has 1 aromatic carbocycles. The average molecular weight is 330 g/mol. The van der Waals surface area contributed by atoms with Crippen LogP contribution < -0.4 is 5.32 Å². The van der Waals surface area contributed by atoms with Gasteiger partial charge in [0, 0.05) is 25.9 Å². The topological polar surface area (TPSA) is 78.7 Å². The van der Waals surface area contributed by atoms with Crippen LogP contribution in [-0.2, 0) is 9.47 Å². The molecule has 2 atom stereocenters. The van der Waals surface area contributed by atoms with E-state index in [1.165, 1.54) is 0 Å². The molecule has 7 heteroatoms. The third kappa shape index (κ3) is 3.06. The van der Waals surface area contributed by atoms with Crippen LogP contribution in [0.2, 0.25) is 0 Å². The fourth-order valence-electron chi connectivity index (χ4n) is 2.79. The minimum atomic E-state index is -1.00. The van der Waals surface area contributed by atoms with Crippen molar-refractivity contribution < 1.29 is 14.6 Å². The van der Waals surface area contributed by atoms with Gasteiger partial charge in [0.15, 0.2) is 6.23 Å². The predicted octanol–water partition coefficient (Wildman–Crippen LogP) is 1.59. The minimum absolute atomic E-state index is 0.160. The Morgan fingerprint density at radius 2 is 2.12 bits per heavy atom. The van der Waals surface area contributed by atoms with E-state index >= 15 is 0 Å². The number of benzene rings is 1. The maximum atomic E-state index is 8.96. The largest absolute Gasteiger partial charge is 0.396 e. The third-order valence-electron chi connectivity index (χ3n) is 4.01. The van der Waals surface area contributed by atoms with Crippen LogP contribution in [0.4, 0.5) is 0 Å². The molecule has 0 aromatic heterocycles. The van der Waals surface area contributed by atoms with E-state index in [0.717, 1.165) is 17.7 Å². The molecule has 2 aliphatic rings. The zero-order chi connectivity index (χ0) is 16.8. The lowest BCUT2D eigenvalue weighted by Crippen LogP contribution is -2.53. The number of nitrogens with one attached hydrogen (secondary N) is 1. The molecular formula is C17H22N4O3. The Hall–Kier alpha value is -2.22. The number of rotatable bonds is 8. The van der Waals surface area contributed by atoms with Gasteiger partial charge in [0.25, 0.3) is 5.85 Å². The highest BCUT2D eigenvalue weighted by molar-refractivity contribution is 5.69. The van der Waals surface area contributed by atoms with Crippen LogP contribution >= 0.6 is 0 Å². The standard InChI is InChI=1S/C17H22N4O3/c1-23-17-15(19-12-20-17)11-18-13-21(17)16(24-10-6-5-9-22)14-7-3-2-4-8-14/h2-4,7-8,11-13,16,22H,5-6,9-10H2,1H3,(H,19,20). The summed E-state index contributed by atoms with van der Waals surface area (Å²) in [5, 5.41) is 12.0. The van der Waals surface area contributed by atoms with Gasteiger partial charge in [-0.3, -0.25) is 4.90 Å². The van der Waals surface area contributed by atoms with Gasteiger partial charge in [-0.15, -0.1) is 0 Å². The molecule has 24 heavy (non-hydrogen) atoms. The second-order valence-electron chi connectivity index (χ2n) is 5.49. The molecule has 1 aromatic rings. The first-order valence-corrected chi connectivity index (χ1v) is 7.97. The molecule has 0 bridgehead atoms. The normalized spacial score (nSPS) is 22.9. The monoisotopic (exact) mass is 330 g/mol. The lowest BCUT2D eigenvalue weighted by atomic mass is 10.1. The van der Waals surface area contributed by atoms with E-state index in [1.807, 2.05) is 35.2 Å². The molecule has 3 rings (SSSR count). The summed E-state index contributed by atoms with van der Waals surface area (Å²) in [4.78, 5) is 10.6. The van der Waals surface area contributed by atoms with Crippen molar-refractivity contribution in [3.05, 3.63) is 47.8 Å². The van der Waals surface area contributed by atoms with E-state index in [9.17, 15) is 0 Å². The summed E-state index contributed by atoms with van der Waals surface area (Å²) in [7, 11) is 1.61. The zero-order valence-corrected chi connectivity index (χ0v) is 13.6. The first-order valence-electron chi connectivity index (χ1n) is 7.97. The molecule has 2 N–H and O–H groups in total. The molecule has 2 aliphatic heterocycles. The van der Waals surface area contributed by atoms with E-state index in [1.54, 1.807) is 26.0 Å². The van der Waals surface area contributed by atoms with E-state index < -0.39 is 12.1 Å². The smallest absolute Gasteiger partial charge is 0.288 e. The quantitative estimate of drug-likeness (QED) is 0.708. The Morgan fingerprint density at radius 1 is 1.29 bits per heavy atom. The maximum Gasteiger partial charge on any atom is 0.288 e. The first kappa shape index (κ1) is 16.6. The molecule has 7 nitrogen and oxygen atoms in total. The van der Waals surface area contributed by atoms with Gasteiger partial charge < -0.3 is 19.9 Å². The van der Waals surface area contributed by atoms with Crippen molar-refractivity contribution in [3.8, 4) is 0 Å². The molecule has 128 valence electrons. The van der Waals surface area contributed by atoms with Gasteiger partial charge in [0.1, 0.15) is 5.70 Å². The number of hydrogen-bond acceptors (Lipinski definition) is 7. The predicted molar refractivity (Wildman–Crippen MR) is 91.2 cm³/mol. The van der Waals surface area contributed by atoms with Crippen molar-refractivity contribution in [3.63, 3.8) is 0 Å². The number of nitrogens with zero attached hydrogens (tertiary/aromatic N) is 3. The number of aliphatic hydroxyl groups excluding tert-OH is 1. The van der Waals surface area contributed by atoms with E-state index in [2.05, 4.69) is 15.3 Å². The van der Waals surface area contributed by atoms with Crippen LogP contribution in [0.3, 0.4) is 0 Å². The highest BCUT2D eigenvalue weighted by Crippen LogP contribution is 2.37. The van der Waals surface area contributed by atoms with Crippen molar-refractivity contribution in [2.45, 2.75) is 24.9 Å². The number of aliphatic hydroxyl groups is 1. The van der Waals surface area contributed by atoms with E-state index in [0.29, 0.717) is 13.0 Å². The molecule has 0 saturated heterocycles. The number of methoxy groups -OCH3 is 1. The summed E-state index contributed by atoms with van der Waals surface area (Å²) in [5.41, 5.74) is 1.72. The number of ether oxygens (including phenoxy) is 2. The van der Waals surface area contributed by atoms with Crippen LogP contribution in [0, 0.1) is 0 Å². The second kappa shape index (κ2) is 7.57. The van der Waals surface area contributed by atoms with Gasteiger partial charge in [-0.2, -0.15) is 0 Å². The van der Waals surface area contributed by atoms with Crippen LogP contribution in [0.25, 0.3) is 0 Å². The lowest BCUT2D eigenvalue weighted by molar-refractivity contribution is -0.150. The molecule has 0 radical (unpaired) electrons. The van der Waals surface area contributed by atoms with Crippen molar-refractivity contribution in [1.82, 2.24) is 10.2 Å². The van der Waals surface area contributed by atoms with Crippen molar-refractivity contribution >= 4 is 12.7 Å². The first-order chi connectivity index (χ1) is 11.8. The fraction of sp³-hybridized carbons (Fsp3) is 0.412. The zero-order valence-electron chi connectivity index (χ0n) is 13.6. The SMILES string of the molecule is COC12N=CNC1=CN=CN2C(OCCCCO)c1ccccc1. The van der Waals surface area contributed by atoms with Crippen LogP contribution in [-0.4, -0.2) is 48.9 Å². The second-order valence-corrected chi connectivity index (χ2v) is 5.49. The van der Waals surface area contributed by atoms with Crippen molar-refractivity contribution in [1.29, 1.82) is 0 Å². The van der Waals surface area contributed by atoms with E-state index in [-0.39, 0.29) is 6.61 Å². The number of aliphatic imine (C=N–C) groups is 2. The van der Waals surface area contributed by atoms with Crippen molar-refractivity contribution in [2.24, 2.45) is 9.98 Å². The summed E-state index contributed by atoms with van der Waals surface area (Å²) < 4.78 is 11.9. The minimum Gasteiger partial charge on any atom is -0.396 e. The Morgan fingerprint density at radius 3 is 2.88 bits per heavy atom. The molecular weight excluding hydrogens is 308 g/mol. The average Bonchev–Trinajstić information content (AvgIpc) is 3.07. The third-order valence-corrected chi connectivity index (χ3v) is 4.01. The van der Waals surface area contributed by atoms with Gasteiger partial charge in [0.2, 0.25) is 0 Å². The van der Waals surface area contributed by atoms with Gasteiger partial charge in [-0.1, -0.05) is 30.3 Å². The summed E-state index contributed by atoms with van der Waals surface area (Å²) >= 11 is 0. The highest BCUT2D eigenvalue weighted by Gasteiger charge is 2.47. The summed E-state index contributed by atoms with van der Waals surface area (Å²) in [6, 6.07) is 9.89. The molecule has 2 unspecified atom stereocenters. The number of hydrogen-bond donors (Lipinski definition) is 2. The van der Waals surface area contributed by atoms with Crippen LogP contribution in [0.5, 0.6) is 0 Å². The van der Waals surface area contributed by atoms with E-state index in [4.69, 9.17) is 14.6 Å². The Bertz CT molecular complexity index is 632. The molecule has 0 spiro atoms. The van der Waals surface area contributed by atoms with Gasteiger partial charge >= 0.3 is 0 Å². The molecule has 0 aliphatic carbocycles. The van der Waals surface area contributed by atoms with Crippen LogP contribution in [0.15, 0.2) is 52.2 Å². The van der Waals surface area contributed by atoms with Crippen LogP contribution in [0.1, 0.15) is 24.6 Å². The summed E-state index contributed by atoms with van der Waals surface area (Å²) in [6.45, 7) is 0.675. The number of unbranched alkanes of at least 4 members (excludes halogenated alkanes) is 1. The Kier molecular flexibility index (Phi) is 5.24.